The maximum Gasteiger partial charge on any atom is 0.411 e. The Morgan fingerprint density at radius 2 is 2.05 bits per heavy atom. The Morgan fingerprint density at radius 3 is 2.65 bits per heavy atom. The summed E-state index contributed by atoms with van der Waals surface area (Å²) >= 11 is 0. The first kappa shape index (κ1) is 16.1. The molecule has 0 unspecified atom stereocenters. The van der Waals surface area contributed by atoms with Gasteiger partial charge in [0, 0.05) is 23.9 Å². The molecular weight excluding hydrogens is 277 g/mol. The van der Waals surface area contributed by atoms with E-state index in [4.69, 9.17) is 10.5 Å². The molecule has 0 radical (unpaired) electrons. The molecule has 1 aromatic carbocycles. The van der Waals surface area contributed by atoms with Crippen molar-refractivity contribution in [3.63, 3.8) is 0 Å². The van der Waals surface area contributed by atoms with Crippen molar-refractivity contribution in [1.29, 1.82) is 0 Å². The first-order valence-electron chi connectivity index (χ1n) is 5.69. The molecule has 0 aromatic heterocycles. The van der Waals surface area contributed by atoms with Crippen LogP contribution >= 0.6 is 0 Å². The van der Waals surface area contributed by atoms with Crippen LogP contribution in [0.2, 0.25) is 0 Å². The normalized spacial score (nSPS) is 11.2. The molecule has 20 heavy (non-hydrogen) atoms. The quantitative estimate of drug-likeness (QED) is 0.617. The fourth-order valence-corrected chi connectivity index (χ4v) is 1.40. The molecule has 0 aliphatic rings. The number of hydrogen-bond donors (Lipinski definition) is 2. The van der Waals surface area contributed by atoms with Crippen LogP contribution < -0.4 is 15.8 Å². The molecule has 1 aromatic rings. The Labute approximate surface area is 113 Å². The lowest BCUT2D eigenvalue weighted by molar-refractivity contribution is -0.173. The number of halogens is 3. The fourth-order valence-electron chi connectivity index (χ4n) is 1.40. The van der Waals surface area contributed by atoms with E-state index in [1.54, 1.807) is 6.07 Å². The fraction of sp³-hybridized carbons (Fsp3) is 0.417. The molecule has 0 saturated carbocycles. The molecule has 3 N–H and O–H groups in total. The molecule has 112 valence electrons. The standard InChI is InChI=1S/C12H15F3N2O3/c1-19-10-5-8(4-9(16)6-10)11(18)17-2-3-20-7-12(13,14)15/h4-6H,2-3,7,16H2,1H3,(H,17,18). The molecule has 0 aliphatic heterocycles. The predicted octanol–water partition coefficient (Wildman–Crippen LogP) is 1.59. The van der Waals surface area contributed by atoms with E-state index in [0.717, 1.165) is 0 Å². The zero-order valence-corrected chi connectivity index (χ0v) is 10.8. The highest BCUT2D eigenvalue weighted by atomic mass is 19.4. The molecule has 0 atom stereocenters. The number of anilines is 1. The number of alkyl halides is 3. The van der Waals surface area contributed by atoms with Gasteiger partial charge in [0.05, 0.1) is 13.7 Å². The van der Waals surface area contributed by atoms with E-state index >= 15 is 0 Å². The zero-order chi connectivity index (χ0) is 15.2. The summed E-state index contributed by atoms with van der Waals surface area (Å²) in [5, 5.41) is 2.42. The Hall–Kier alpha value is -1.96. The lowest BCUT2D eigenvalue weighted by Crippen LogP contribution is -2.29. The van der Waals surface area contributed by atoms with Crippen LogP contribution in [0.5, 0.6) is 5.75 Å². The SMILES string of the molecule is COc1cc(N)cc(C(=O)NCCOCC(F)(F)F)c1. The Bertz CT molecular complexity index is 464. The Kier molecular flexibility index (Phi) is 5.63. The molecule has 8 heteroatoms. The number of carbonyl (C=O) groups is 1. The zero-order valence-electron chi connectivity index (χ0n) is 10.8. The molecule has 0 spiro atoms. The highest BCUT2D eigenvalue weighted by Gasteiger charge is 2.27. The van der Waals surface area contributed by atoms with Gasteiger partial charge < -0.3 is 20.5 Å². The van der Waals surface area contributed by atoms with E-state index in [9.17, 15) is 18.0 Å². The summed E-state index contributed by atoms with van der Waals surface area (Å²) < 4.78 is 44.7. The van der Waals surface area contributed by atoms with E-state index in [2.05, 4.69) is 10.1 Å². The van der Waals surface area contributed by atoms with Gasteiger partial charge in [-0.15, -0.1) is 0 Å². The van der Waals surface area contributed by atoms with Crippen LogP contribution in [0, 0.1) is 0 Å². The summed E-state index contributed by atoms with van der Waals surface area (Å²) in [6, 6.07) is 4.46. The first-order chi connectivity index (χ1) is 9.31. The van der Waals surface area contributed by atoms with Crippen molar-refractivity contribution in [2.75, 3.05) is 32.6 Å². The number of nitrogens with two attached hydrogens (primary N) is 1. The van der Waals surface area contributed by atoms with Gasteiger partial charge in [-0.25, -0.2) is 0 Å². The number of nitrogen functional groups attached to an aromatic ring is 1. The average Bonchev–Trinajstić information content (AvgIpc) is 2.36. The first-order valence-corrected chi connectivity index (χ1v) is 5.69. The van der Waals surface area contributed by atoms with Crippen molar-refractivity contribution < 1.29 is 27.4 Å². The summed E-state index contributed by atoms with van der Waals surface area (Å²) in [4.78, 5) is 11.7. The summed E-state index contributed by atoms with van der Waals surface area (Å²) in [5.74, 6) is -0.0466. The lowest BCUT2D eigenvalue weighted by atomic mass is 10.2. The smallest absolute Gasteiger partial charge is 0.411 e. The van der Waals surface area contributed by atoms with Crippen LogP contribution in [0.15, 0.2) is 18.2 Å². The number of nitrogens with one attached hydrogen (secondary N) is 1. The number of methoxy groups -OCH3 is 1. The van der Waals surface area contributed by atoms with Crippen molar-refractivity contribution in [3.05, 3.63) is 23.8 Å². The summed E-state index contributed by atoms with van der Waals surface area (Å²) in [7, 11) is 1.43. The van der Waals surface area contributed by atoms with Crippen molar-refractivity contribution in [2.45, 2.75) is 6.18 Å². The second-order valence-corrected chi connectivity index (χ2v) is 3.92. The lowest BCUT2D eigenvalue weighted by Gasteiger charge is -2.09. The molecule has 0 aliphatic carbocycles. The largest absolute Gasteiger partial charge is 0.497 e. The van der Waals surface area contributed by atoms with Gasteiger partial charge in [0.2, 0.25) is 0 Å². The molecular formula is C12H15F3N2O3. The molecule has 0 heterocycles. The van der Waals surface area contributed by atoms with E-state index in [-0.39, 0.29) is 18.7 Å². The highest BCUT2D eigenvalue weighted by molar-refractivity contribution is 5.95. The molecule has 1 amide bonds. The van der Waals surface area contributed by atoms with Crippen LogP contribution in [0.4, 0.5) is 18.9 Å². The number of ether oxygens (including phenoxy) is 2. The van der Waals surface area contributed by atoms with Crippen molar-refractivity contribution in [2.24, 2.45) is 0 Å². The van der Waals surface area contributed by atoms with E-state index in [1.807, 2.05) is 0 Å². The number of amides is 1. The maximum atomic E-state index is 11.8. The molecule has 0 saturated heterocycles. The summed E-state index contributed by atoms with van der Waals surface area (Å²) in [6.45, 7) is -1.61. The third kappa shape index (κ3) is 5.79. The van der Waals surface area contributed by atoms with Crippen LogP contribution in [0.25, 0.3) is 0 Å². The second kappa shape index (κ2) is 6.99. The minimum atomic E-state index is -4.37. The third-order valence-corrected chi connectivity index (χ3v) is 2.22. The van der Waals surface area contributed by atoms with Gasteiger partial charge in [-0.1, -0.05) is 0 Å². The third-order valence-electron chi connectivity index (χ3n) is 2.22. The van der Waals surface area contributed by atoms with Gasteiger partial charge in [-0.2, -0.15) is 13.2 Å². The van der Waals surface area contributed by atoms with Crippen LogP contribution in [-0.2, 0) is 4.74 Å². The van der Waals surface area contributed by atoms with Crippen molar-refractivity contribution >= 4 is 11.6 Å². The van der Waals surface area contributed by atoms with Crippen LogP contribution in [-0.4, -0.2) is 39.0 Å². The number of carbonyl (C=O) groups excluding carboxylic acids is 1. The number of benzene rings is 1. The topological polar surface area (TPSA) is 73.6 Å². The van der Waals surface area contributed by atoms with E-state index < -0.39 is 18.7 Å². The van der Waals surface area contributed by atoms with Crippen molar-refractivity contribution in [1.82, 2.24) is 5.32 Å². The predicted molar refractivity (Wildman–Crippen MR) is 66.6 cm³/mol. The minimum Gasteiger partial charge on any atom is -0.497 e. The number of rotatable bonds is 6. The van der Waals surface area contributed by atoms with Crippen LogP contribution in [0.3, 0.4) is 0 Å². The van der Waals surface area contributed by atoms with Gasteiger partial charge >= 0.3 is 6.18 Å². The van der Waals surface area contributed by atoms with Crippen LogP contribution in [0.1, 0.15) is 10.4 Å². The highest BCUT2D eigenvalue weighted by Crippen LogP contribution is 2.18. The van der Waals surface area contributed by atoms with Gasteiger partial charge in [-0.05, 0) is 12.1 Å². The van der Waals surface area contributed by atoms with E-state index in [1.165, 1.54) is 19.2 Å². The minimum absolute atomic E-state index is 0.0357. The van der Waals surface area contributed by atoms with Gasteiger partial charge in [0.15, 0.2) is 0 Å². The molecule has 0 bridgehead atoms. The van der Waals surface area contributed by atoms with Crippen molar-refractivity contribution in [3.8, 4) is 5.75 Å². The second-order valence-electron chi connectivity index (χ2n) is 3.92. The Morgan fingerprint density at radius 1 is 1.35 bits per heavy atom. The summed E-state index contributed by atoms with van der Waals surface area (Å²) in [5.41, 5.74) is 6.20. The van der Waals surface area contributed by atoms with Gasteiger partial charge in [-0.3, -0.25) is 4.79 Å². The van der Waals surface area contributed by atoms with Gasteiger partial charge in [0.1, 0.15) is 12.4 Å². The molecule has 0 fully saturated rings. The summed E-state index contributed by atoms with van der Waals surface area (Å²) in [6.07, 6.45) is -4.37. The Balaban J connectivity index is 2.41. The number of hydrogen-bond acceptors (Lipinski definition) is 4. The monoisotopic (exact) mass is 292 g/mol. The maximum absolute atomic E-state index is 11.8. The van der Waals surface area contributed by atoms with E-state index in [0.29, 0.717) is 11.4 Å². The molecule has 1 rings (SSSR count). The van der Waals surface area contributed by atoms with Gasteiger partial charge in [0.25, 0.3) is 5.91 Å². The average molecular weight is 292 g/mol. The molecule has 5 nitrogen and oxygen atoms in total.